The molecule has 0 saturated heterocycles. The van der Waals surface area contributed by atoms with Gasteiger partial charge in [-0.3, -0.25) is 0 Å². The molecule has 0 nitrogen and oxygen atoms in total. The molecule has 82 valence electrons. The van der Waals surface area contributed by atoms with Gasteiger partial charge in [-0.25, -0.2) is 4.39 Å². The van der Waals surface area contributed by atoms with Crippen LogP contribution in [0.4, 0.5) is 4.39 Å². The molecule has 0 fully saturated rings. The average molecular weight is 214 g/mol. The summed E-state index contributed by atoms with van der Waals surface area (Å²) < 4.78 is 12.8. The van der Waals surface area contributed by atoms with Gasteiger partial charge >= 0.3 is 0 Å². The van der Waals surface area contributed by atoms with E-state index in [2.05, 4.69) is 31.2 Å². The standard InChI is InChI=1S/C15H15F/c1-2-4-12-5-3-6-14(11-12)13-7-9-15(16)10-8-13/h3,5-11H,2,4H2,1H3. The summed E-state index contributed by atoms with van der Waals surface area (Å²) in [6, 6.07) is 15.1. The molecule has 16 heavy (non-hydrogen) atoms. The SMILES string of the molecule is CCCc1cccc(-c2ccc(F)cc2)c1. The lowest BCUT2D eigenvalue weighted by molar-refractivity contribution is 0.628. The predicted molar refractivity (Wildman–Crippen MR) is 65.8 cm³/mol. The molecule has 0 aliphatic carbocycles. The normalized spacial score (nSPS) is 10.4. The number of hydrogen-bond acceptors (Lipinski definition) is 0. The van der Waals surface area contributed by atoms with Crippen molar-refractivity contribution in [1.29, 1.82) is 0 Å². The first-order chi connectivity index (χ1) is 7.79. The number of halogens is 1. The van der Waals surface area contributed by atoms with Crippen molar-refractivity contribution in [2.75, 3.05) is 0 Å². The zero-order chi connectivity index (χ0) is 11.4. The fourth-order valence-corrected chi connectivity index (χ4v) is 1.84. The van der Waals surface area contributed by atoms with Crippen molar-refractivity contribution < 1.29 is 4.39 Å². The highest BCUT2D eigenvalue weighted by molar-refractivity contribution is 5.64. The van der Waals surface area contributed by atoms with Gasteiger partial charge in [0, 0.05) is 0 Å². The van der Waals surface area contributed by atoms with Crippen molar-refractivity contribution in [2.45, 2.75) is 19.8 Å². The van der Waals surface area contributed by atoms with Crippen LogP contribution in [-0.2, 0) is 6.42 Å². The third kappa shape index (κ3) is 2.48. The van der Waals surface area contributed by atoms with Crippen LogP contribution < -0.4 is 0 Å². The summed E-state index contributed by atoms with van der Waals surface area (Å²) in [6.07, 6.45) is 2.24. The van der Waals surface area contributed by atoms with E-state index >= 15 is 0 Å². The maximum Gasteiger partial charge on any atom is 0.123 e. The van der Waals surface area contributed by atoms with Gasteiger partial charge in [0.25, 0.3) is 0 Å². The summed E-state index contributed by atoms with van der Waals surface area (Å²) >= 11 is 0. The summed E-state index contributed by atoms with van der Waals surface area (Å²) in [6.45, 7) is 2.17. The zero-order valence-corrected chi connectivity index (χ0v) is 9.41. The van der Waals surface area contributed by atoms with Crippen LogP contribution in [0.3, 0.4) is 0 Å². The van der Waals surface area contributed by atoms with Crippen molar-refractivity contribution in [2.24, 2.45) is 0 Å². The Morgan fingerprint density at radius 2 is 1.69 bits per heavy atom. The lowest BCUT2D eigenvalue weighted by atomic mass is 10.0. The molecular formula is C15H15F. The molecule has 0 N–H and O–H groups in total. The second kappa shape index (κ2) is 4.93. The van der Waals surface area contributed by atoms with Gasteiger partial charge in [0.2, 0.25) is 0 Å². The summed E-state index contributed by atoms with van der Waals surface area (Å²) in [4.78, 5) is 0. The van der Waals surface area contributed by atoms with E-state index in [4.69, 9.17) is 0 Å². The Balaban J connectivity index is 2.32. The maximum absolute atomic E-state index is 12.8. The van der Waals surface area contributed by atoms with E-state index in [0.29, 0.717) is 0 Å². The Hall–Kier alpha value is -1.63. The third-order valence-corrected chi connectivity index (χ3v) is 2.64. The van der Waals surface area contributed by atoms with Crippen molar-refractivity contribution in [1.82, 2.24) is 0 Å². The van der Waals surface area contributed by atoms with Crippen molar-refractivity contribution in [3.8, 4) is 11.1 Å². The van der Waals surface area contributed by atoms with E-state index in [-0.39, 0.29) is 5.82 Å². The fourth-order valence-electron chi connectivity index (χ4n) is 1.84. The molecule has 2 aromatic rings. The second-order valence-electron chi connectivity index (χ2n) is 3.96. The molecule has 0 aliphatic heterocycles. The van der Waals surface area contributed by atoms with Crippen LogP contribution in [0, 0.1) is 5.82 Å². The highest BCUT2D eigenvalue weighted by Crippen LogP contribution is 2.21. The summed E-state index contributed by atoms with van der Waals surface area (Å²) in [5.41, 5.74) is 3.56. The Labute approximate surface area is 95.7 Å². The first kappa shape index (κ1) is 10.9. The largest absolute Gasteiger partial charge is 0.207 e. The molecule has 2 aromatic carbocycles. The molecular weight excluding hydrogens is 199 g/mol. The van der Waals surface area contributed by atoms with Crippen LogP contribution in [0.15, 0.2) is 48.5 Å². The van der Waals surface area contributed by atoms with Gasteiger partial charge in [0.05, 0.1) is 0 Å². The number of benzene rings is 2. The molecule has 0 radical (unpaired) electrons. The molecule has 0 heterocycles. The lowest BCUT2D eigenvalue weighted by Crippen LogP contribution is -1.85. The fraction of sp³-hybridized carbons (Fsp3) is 0.200. The summed E-state index contributed by atoms with van der Waals surface area (Å²) in [7, 11) is 0. The van der Waals surface area contributed by atoms with Crippen LogP contribution in [0.1, 0.15) is 18.9 Å². The van der Waals surface area contributed by atoms with Crippen LogP contribution in [0.5, 0.6) is 0 Å². The minimum Gasteiger partial charge on any atom is -0.207 e. The van der Waals surface area contributed by atoms with E-state index in [1.54, 1.807) is 0 Å². The molecule has 0 spiro atoms. The minimum atomic E-state index is -0.187. The molecule has 0 bridgehead atoms. The van der Waals surface area contributed by atoms with Crippen LogP contribution in [-0.4, -0.2) is 0 Å². The Kier molecular flexibility index (Phi) is 3.35. The molecule has 1 heteroatoms. The van der Waals surface area contributed by atoms with Crippen LogP contribution in [0.2, 0.25) is 0 Å². The number of aryl methyl sites for hydroxylation is 1. The Morgan fingerprint density at radius 3 is 2.38 bits per heavy atom. The lowest BCUT2D eigenvalue weighted by Gasteiger charge is -2.04. The molecule has 0 atom stereocenters. The summed E-state index contributed by atoms with van der Waals surface area (Å²) in [5, 5.41) is 0. The van der Waals surface area contributed by atoms with Gasteiger partial charge in [-0.05, 0) is 35.2 Å². The van der Waals surface area contributed by atoms with Gasteiger partial charge in [0.15, 0.2) is 0 Å². The minimum absolute atomic E-state index is 0.187. The van der Waals surface area contributed by atoms with Crippen LogP contribution in [0.25, 0.3) is 11.1 Å². The maximum atomic E-state index is 12.8. The van der Waals surface area contributed by atoms with Crippen molar-refractivity contribution in [3.05, 3.63) is 59.9 Å². The van der Waals surface area contributed by atoms with E-state index in [0.717, 1.165) is 24.0 Å². The highest BCUT2D eigenvalue weighted by Gasteiger charge is 1.99. The van der Waals surface area contributed by atoms with Gasteiger partial charge in [-0.15, -0.1) is 0 Å². The van der Waals surface area contributed by atoms with Crippen molar-refractivity contribution in [3.63, 3.8) is 0 Å². The molecule has 0 aliphatic rings. The van der Waals surface area contributed by atoms with E-state index < -0.39 is 0 Å². The first-order valence-corrected chi connectivity index (χ1v) is 5.64. The van der Waals surface area contributed by atoms with Gasteiger partial charge in [-0.1, -0.05) is 49.7 Å². The van der Waals surface area contributed by atoms with E-state index in [1.807, 2.05) is 12.1 Å². The monoisotopic (exact) mass is 214 g/mol. The number of rotatable bonds is 3. The molecule has 0 aromatic heterocycles. The van der Waals surface area contributed by atoms with E-state index in [1.165, 1.54) is 17.7 Å². The van der Waals surface area contributed by atoms with E-state index in [9.17, 15) is 4.39 Å². The first-order valence-electron chi connectivity index (χ1n) is 5.64. The molecule has 0 saturated carbocycles. The molecule has 2 rings (SSSR count). The average Bonchev–Trinajstić information content (AvgIpc) is 2.31. The van der Waals surface area contributed by atoms with Gasteiger partial charge < -0.3 is 0 Å². The smallest absolute Gasteiger partial charge is 0.123 e. The zero-order valence-electron chi connectivity index (χ0n) is 9.41. The van der Waals surface area contributed by atoms with Crippen LogP contribution >= 0.6 is 0 Å². The van der Waals surface area contributed by atoms with Crippen molar-refractivity contribution >= 4 is 0 Å². The third-order valence-electron chi connectivity index (χ3n) is 2.64. The number of hydrogen-bond donors (Lipinski definition) is 0. The molecule has 0 amide bonds. The summed E-state index contributed by atoms with van der Waals surface area (Å²) in [5.74, 6) is -0.187. The Bertz CT molecular complexity index is 457. The topological polar surface area (TPSA) is 0 Å². The molecule has 0 unspecified atom stereocenters. The highest BCUT2D eigenvalue weighted by atomic mass is 19.1. The van der Waals surface area contributed by atoms with Gasteiger partial charge in [0.1, 0.15) is 5.82 Å². The predicted octanol–water partition coefficient (Wildman–Crippen LogP) is 4.45. The quantitative estimate of drug-likeness (QED) is 0.708. The Morgan fingerprint density at radius 1 is 0.938 bits per heavy atom. The van der Waals surface area contributed by atoms with Gasteiger partial charge in [-0.2, -0.15) is 0 Å². The second-order valence-corrected chi connectivity index (χ2v) is 3.96.